The standard InChI is InChI=1S/C21H33N3O5S/c1-5-14-24(30(4,28)29)22-20(25)19(15-16(2)3)18(21(26)23-27)13-9-12-17-10-7-6-8-11-17/h6-12,16,18-19,27H,5,13-15H2,1-4H3,(H,22,25)(H,23,26)/b12-9+/t18-,19+/m0/s1. The van der Waals surface area contributed by atoms with Crippen LogP contribution in [0.2, 0.25) is 0 Å². The molecule has 8 nitrogen and oxygen atoms in total. The highest BCUT2D eigenvalue weighted by Crippen LogP contribution is 2.25. The van der Waals surface area contributed by atoms with Gasteiger partial charge in [0.15, 0.2) is 0 Å². The van der Waals surface area contributed by atoms with E-state index in [-0.39, 0.29) is 18.9 Å². The van der Waals surface area contributed by atoms with Crippen LogP contribution in [-0.4, -0.2) is 42.7 Å². The molecule has 0 radical (unpaired) electrons. The molecule has 0 saturated heterocycles. The number of allylic oxidation sites excluding steroid dienone is 1. The van der Waals surface area contributed by atoms with Crippen LogP contribution in [0, 0.1) is 17.8 Å². The minimum Gasteiger partial charge on any atom is -0.289 e. The van der Waals surface area contributed by atoms with Crippen LogP contribution in [0.25, 0.3) is 6.08 Å². The molecule has 0 aliphatic rings. The number of nitrogens with zero attached hydrogens (tertiary/aromatic N) is 1. The molecule has 1 aromatic carbocycles. The molecule has 0 aromatic heterocycles. The van der Waals surface area contributed by atoms with Crippen LogP contribution in [0.3, 0.4) is 0 Å². The number of hydrogen-bond acceptors (Lipinski definition) is 5. The van der Waals surface area contributed by atoms with Gasteiger partial charge in [0.1, 0.15) is 0 Å². The SMILES string of the molecule is CCCN(NC(=O)[C@H](CC(C)C)[C@H](C/C=C/c1ccccc1)C(=O)NO)S(C)(=O)=O. The predicted octanol–water partition coefficient (Wildman–Crippen LogP) is 2.58. The molecule has 2 amide bonds. The predicted molar refractivity (Wildman–Crippen MR) is 116 cm³/mol. The monoisotopic (exact) mass is 439 g/mol. The molecule has 9 heteroatoms. The van der Waals surface area contributed by atoms with E-state index in [2.05, 4.69) is 5.43 Å². The molecule has 168 valence electrons. The third-order valence-electron chi connectivity index (χ3n) is 4.56. The summed E-state index contributed by atoms with van der Waals surface area (Å²) in [7, 11) is -3.65. The lowest BCUT2D eigenvalue weighted by atomic mass is 9.82. The Balaban J connectivity index is 3.11. The van der Waals surface area contributed by atoms with Crippen molar-refractivity contribution in [2.75, 3.05) is 12.8 Å². The van der Waals surface area contributed by atoms with Gasteiger partial charge in [0.25, 0.3) is 0 Å². The van der Waals surface area contributed by atoms with E-state index in [0.29, 0.717) is 12.8 Å². The molecular formula is C21H33N3O5S. The van der Waals surface area contributed by atoms with E-state index >= 15 is 0 Å². The fraction of sp³-hybridized carbons (Fsp3) is 0.524. The van der Waals surface area contributed by atoms with Gasteiger partial charge in [-0.2, -0.15) is 0 Å². The van der Waals surface area contributed by atoms with Gasteiger partial charge in [-0.25, -0.2) is 13.9 Å². The Morgan fingerprint density at radius 2 is 1.77 bits per heavy atom. The molecule has 0 heterocycles. The third-order valence-corrected chi connectivity index (χ3v) is 5.63. The molecule has 0 fully saturated rings. The maximum Gasteiger partial charge on any atom is 0.247 e. The first kappa shape index (κ1) is 25.8. The van der Waals surface area contributed by atoms with Gasteiger partial charge in [0.2, 0.25) is 21.8 Å². The molecule has 1 rings (SSSR count). The van der Waals surface area contributed by atoms with E-state index in [4.69, 9.17) is 0 Å². The van der Waals surface area contributed by atoms with Crippen molar-refractivity contribution < 1.29 is 23.2 Å². The van der Waals surface area contributed by atoms with E-state index in [1.54, 1.807) is 18.5 Å². The van der Waals surface area contributed by atoms with Crippen LogP contribution in [0.1, 0.15) is 45.6 Å². The van der Waals surface area contributed by atoms with Gasteiger partial charge in [-0.15, -0.1) is 4.41 Å². The summed E-state index contributed by atoms with van der Waals surface area (Å²) in [4.78, 5) is 25.4. The quantitative estimate of drug-likeness (QED) is 0.342. The average Bonchev–Trinajstić information content (AvgIpc) is 2.68. The fourth-order valence-electron chi connectivity index (χ4n) is 3.13. The van der Waals surface area contributed by atoms with Crippen molar-refractivity contribution in [3.05, 3.63) is 42.0 Å². The largest absolute Gasteiger partial charge is 0.289 e. The second-order valence-corrected chi connectivity index (χ2v) is 9.59. The number of amides is 2. The van der Waals surface area contributed by atoms with Gasteiger partial charge >= 0.3 is 0 Å². The molecule has 0 aliphatic heterocycles. The Hall–Kier alpha value is -2.23. The number of sulfonamides is 1. The number of carbonyl (C=O) groups is 2. The van der Waals surface area contributed by atoms with Crippen molar-refractivity contribution in [1.29, 1.82) is 0 Å². The summed E-state index contributed by atoms with van der Waals surface area (Å²) in [5.41, 5.74) is 5.04. The maximum absolute atomic E-state index is 13.0. The Labute approximate surface area is 179 Å². The van der Waals surface area contributed by atoms with Crippen molar-refractivity contribution >= 4 is 27.9 Å². The van der Waals surface area contributed by atoms with Crippen molar-refractivity contribution in [3.63, 3.8) is 0 Å². The molecule has 2 atom stereocenters. The summed E-state index contributed by atoms with van der Waals surface area (Å²) in [6.07, 6.45) is 5.70. The molecule has 0 bridgehead atoms. The topological polar surface area (TPSA) is 116 Å². The number of nitrogens with one attached hydrogen (secondary N) is 2. The van der Waals surface area contributed by atoms with Crippen LogP contribution >= 0.6 is 0 Å². The summed E-state index contributed by atoms with van der Waals surface area (Å²) in [6, 6.07) is 9.49. The van der Waals surface area contributed by atoms with Crippen LogP contribution in [-0.2, 0) is 19.6 Å². The van der Waals surface area contributed by atoms with Crippen molar-refractivity contribution in [2.45, 2.75) is 40.0 Å². The normalized spacial score (nSPS) is 14.1. The van der Waals surface area contributed by atoms with Crippen LogP contribution < -0.4 is 10.9 Å². The number of hydroxylamine groups is 1. The third kappa shape index (κ3) is 8.64. The lowest BCUT2D eigenvalue weighted by molar-refractivity contribution is -0.141. The van der Waals surface area contributed by atoms with Gasteiger partial charge in [-0.3, -0.25) is 20.2 Å². The first-order chi connectivity index (χ1) is 14.1. The molecule has 3 N–H and O–H groups in total. The number of rotatable bonds is 12. The molecule has 30 heavy (non-hydrogen) atoms. The highest BCUT2D eigenvalue weighted by Gasteiger charge is 2.35. The summed E-state index contributed by atoms with van der Waals surface area (Å²) < 4.78 is 24.8. The van der Waals surface area contributed by atoms with E-state index in [1.807, 2.05) is 50.3 Å². The first-order valence-electron chi connectivity index (χ1n) is 10.0. The average molecular weight is 440 g/mol. The Morgan fingerprint density at radius 3 is 2.27 bits per heavy atom. The number of hydrogen-bond donors (Lipinski definition) is 3. The number of hydrazine groups is 1. The van der Waals surface area contributed by atoms with Crippen LogP contribution in [0.5, 0.6) is 0 Å². The molecule has 0 saturated carbocycles. The first-order valence-corrected chi connectivity index (χ1v) is 11.9. The van der Waals surface area contributed by atoms with Gasteiger partial charge in [0, 0.05) is 6.54 Å². The maximum atomic E-state index is 13.0. The van der Waals surface area contributed by atoms with E-state index < -0.39 is 33.7 Å². The fourth-order valence-corrected chi connectivity index (χ4v) is 3.90. The lowest BCUT2D eigenvalue weighted by Gasteiger charge is -2.28. The highest BCUT2D eigenvalue weighted by molar-refractivity contribution is 7.88. The van der Waals surface area contributed by atoms with E-state index in [0.717, 1.165) is 16.2 Å². The zero-order valence-electron chi connectivity index (χ0n) is 18.0. The zero-order chi connectivity index (χ0) is 22.7. The lowest BCUT2D eigenvalue weighted by Crippen LogP contribution is -2.51. The van der Waals surface area contributed by atoms with Gasteiger partial charge < -0.3 is 0 Å². The van der Waals surface area contributed by atoms with E-state index in [9.17, 15) is 23.2 Å². The van der Waals surface area contributed by atoms with Crippen LogP contribution in [0.4, 0.5) is 0 Å². The second kappa shape index (κ2) is 12.5. The Kier molecular flexibility index (Phi) is 10.7. The molecule has 0 unspecified atom stereocenters. The summed E-state index contributed by atoms with van der Waals surface area (Å²) in [5.74, 6) is -2.86. The van der Waals surface area contributed by atoms with Crippen molar-refractivity contribution in [3.8, 4) is 0 Å². The second-order valence-electron chi connectivity index (χ2n) is 7.68. The van der Waals surface area contributed by atoms with Crippen molar-refractivity contribution in [2.24, 2.45) is 17.8 Å². The van der Waals surface area contributed by atoms with Crippen LogP contribution in [0.15, 0.2) is 36.4 Å². The Morgan fingerprint density at radius 1 is 1.13 bits per heavy atom. The summed E-state index contributed by atoms with van der Waals surface area (Å²) in [5, 5.41) is 9.22. The molecule has 0 aliphatic carbocycles. The number of carbonyl (C=O) groups excluding carboxylic acids is 2. The van der Waals surface area contributed by atoms with E-state index in [1.165, 1.54) is 0 Å². The van der Waals surface area contributed by atoms with Gasteiger partial charge in [-0.05, 0) is 30.7 Å². The zero-order valence-corrected chi connectivity index (χ0v) is 18.9. The Bertz CT molecular complexity index is 809. The molecule has 1 aromatic rings. The minimum atomic E-state index is -3.65. The molecular weight excluding hydrogens is 406 g/mol. The highest BCUT2D eigenvalue weighted by atomic mass is 32.2. The smallest absolute Gasteiger partial charge is 0.247 e. The number of benzene rings is 1. The summed E-state index contributed by atoms with van der Waals surface area (Å²) >= 11 is 0. The molecule has 0 spiro atoms. The summed E-state index contributed by atoms with van der Waals surface area (Å²) in [6.45, 7) is 5.75. The van der Waals surface area contributed by atoms with Crippen molar-refractivity contribution in [1.82, 2.24) is 15.3 Å². The van der Waals surface area contributed by atoms with Gasteiger partial charge in [0.05, 0.1) is 18.1 Å². The minimum absolute atomic E-state index is 0.0747. The van der Waals surface area contributed by atoms with Gasteiger partial charge in [-0.1, -0.05) is 63.3 Å².